The highest BCUT2D eigenvalue weighted by molar-refractivity contribution is 7.80. The molecular formula is C14H15N3OS. The van der Waals surface area contributed by atoms with Gasteiger partial charge in [0, 0.05) is 11.4 Å². The van der Waals surface area contributed by atoms with Crippen LogP contribution in [0.1, 0.15) is 11.3 Å². The van der Waals surface area contributed by atoms with Crippen molar-refractivity contribution < 1.29 is 4.74 Å². The number of ether oxygens (including phenoxy) is 1. The van der Waals surface area contributed by atoms with Crippen molar-refractivity contribution in [3.05, 3.63) is 47.8 Å². The van der Waals surface area contributed by atoms with Crippen molar-refractivity contribution in [2.24, 2.45) is 5.73 Å². The molecule has 19 heavy (non-hydrogen) atoms. The van der Waals surface area contributed by atoms with Gasteiger partial charge in [0.15, 0.2) is 5.11 Å². The van der Waals surface area contributed by atoms with E-state index in [2.05, 4.69) is 10.3 Å². The highest BCUT2D eigenvalue weighted by Crippen LogP contribution is 2.26. The molecule has 0 atom stereocenters. The quantitative estimate of drug-likeness (QED) is 0.841. The van der Waals surface area contributed by atoms with Gasteiger partial charge in [0.1, 0.15) is 11.5 Å². The first kappa shape index (κ1) is 13.3. The summed E-state index contributed by atoms with van der Waals surface area (Å²) in [5.41, 5.74) is 8.22. The van der Waals surface area contributed by atoms with Crippen LogP contribution in [-0.2, 0) is 0 Å². The number of anilines is 1. The van der Waals surface area contributed by atoms with Gasteiger partial charge >= 0.3 is 0 Å². The Hall–Kier alpha value is -2.14. The van der Waals surface area contributed by atoms with Gasteiger partial charge in [0.2, 0.25) is 0 Å². The Balaban J connectivity index is 2.17. The van der Waals surface area contributed by atoms with Crippen LogP contribution < -0.4 is 15.8 Å². The minimum absolute atomic E-state index is 0.246. The van der Waals surface area contributed by atoms with E-state index in [0.29, 0.717) is 5.75 Å². The van der Waals surface area contributed by atoms with E-state index in [9.17, 15) is 0 Å². The van der Waals surface area contributed by atoms with Crippen molar-refractivity contribution in [3.8, 4) is 11.5 Å². The Morgan fingerprint density at radius 1 is 1.26 bits per heavy atom. The molecule has 1 aromatic carbocycles. The molecule has 0 amide bonds. The second kappa shape index (κ2) is 5.67. The van der Waals surface area contributed by atoms with Crippen molar-refractivity contribution in [3.63, 3.8) is 0 Å². The molecule has 4 nitrogen and oxygen atoms in total. The molecule has 0 radical (unpaired) electrons. The summed E-state index contributed by atoms with van der Waals surface area (Å²) in [5.74, 6) is 1.49. The summed E-state index contributed by atoms with van der Waals surface area (Å²) in [7, 11) is 0. The standard InChI is InChI=1S/C14H15N3OS/c1-9-7-11(17-14(15)19)4-6-13(9)18-12-5-3-10(2)16-8-12/h3-8H,1-2H3,(H3,15,17,19). The SMILES string of the molecule is Cc1ccc(Oc2ccc(NC(N)=S)cc2C)cn1. The molecule has 0 unspecified atom stereocenters. The molecule has 0 spiro atoms. The van der Waals surface area contributed by atoms with E-state index < -0.39 is 0 Å². The summed E-state index contributed by atoms with van der Waals surface area (Å²) in [6.07, 6.45) is 1.70. The fourth-order valence-electron chi connectivity index (χ4n) is 1.63. The molecular weight excluding hydrogens is 258 g/mol. The second-order valence-electron chi connectivity index (χ2n) is 4.21. The number of benzene rings is 1. The Morgan fingerprint density at radius 3 is 2.63 bits per heavy atom. The second-order valence-corrected chi connectivity index (χ2v) is 4.65. The lowest BCUT2D eigenvalue weighted by Crippen LogP contribution is -2.18. The van der Waals surface area contributed by atoms with Crippen LogP contribution in [0.25, 0.3) is 0 Å². The molecule has 1 heterocycles. The number of aryl methyl sites for hydroxylation is 2. The lowest BCUT2D eigenvalue weighted by molar-refractivity contribution is 0.476. The number of nitrogens with zero attached hydrogens (tertiary/aromatic N) is 1. The van der Waals surface area contributed by atoms with Gasteiger partial charge in [-0.2, -0.15) is 0 Å². The molecule has 5 heteroatoms. The van der Waals surface area contributed by atoms with E-state index in [1.807, 2.05) is 44.2 Å². The lowest BCUT2D eigenvalue weighted by atomic mass is 10.2. The Bertz CT molecular complexity index is 596. The maximum absolute atomic E-state index is 5.77. The fraction of sp³-hybridized carbons (Fsp3) is 0.143. The number of hydrogen-bond acceptors (Lipinski definition) is 3. The molecule has 0 fully saturated rings. The Morgan fingerprint density at radius 2 is 2.05 bits per heavy atom. The van der Waals surface area contributed by atoms with Crippen molar-refractivity contribution >= 4 is 23.0 Å². The molecule has 0 saturated carbocycles. The zero-order chi connectivity index (χ0) is 13.8. The van der Waals surface area contributed by atoms with Gasteiger partial charge in [-0.3, -0.25) is 4.98 Å². The van der Waals surface area contributed by atoms with E-state index in [4.69, 9.17) is 22.7 Å². The third kappa shape index (κ3) is 3.66. The van der Waals surface area contributed by atoms with Crippen LogP contribution in [0.2, 0.25) is 0 Å². The number of rotatable bonds is 3. The predicted octanol–water partition coefficient (Wildman–Crippen LogP) is 3.15. The first-order chi connectivity index (χ1) is 9.04. The number of pyridine rings is 1. The zero-order valence-corrected chi connectivity index (χ0v) is 11.6. The third-order valence-electron chi connectivity index (χ3n) is 2.55. The molecule has 3 N–H and O–H groups in total. The van der Waals surface area contributed by atoms with Crippen molar-refractivity contribution in [1.82, 2.24) is 4.98 Å². The van der Waals surface area contributed by atoms with E-state index in [0.717, 1.165) is 22.7 Å². The smallest absolute Gasteiger partial charge is 0.168 e. The maximum atomic E-state index is 5.77. The zero-order valence-electron chi connectivity index (χ0n) is 10.8. The lowest BCUT2D eigenvalue weighted by Gasteiger charge is -2.11. The van der Waals surface area contributed by atoms with Crippen LogP contribution in [0.3, 0.4) is 0 Å². The number of thiocarbonyl (C=S) groups is 1. The van der Waals surface area contributed by atoms with Gasteiger partial charge in [-0.1, -0.05) is 0 Å². The number of hydrogen-bond donors (Lipinski definition) is 2. The molecule has 1 aromatic heterocycles. The average Bonchev–Trinajstić information content (AvgIpc) is 2.34. The minimum Gasteiger partial charge on any atom is -0.455 e. The summed E-state index contributed by atoms with van der Waals surface area (Å²) in [6, 6.07) is 9.46. The first-order valence-corrected chi connectivity index (χ1v) is 6.23. The van der Waals surface area contributed by atoms with Crippen LogP contribution >= 0.6 is 12.2 Å². The molecule has 2 rings (SSSR count). The van der Waals surface area contributed by atoms with Crippen LogP contribution in [0.5, 0.6) is 11.5 Å². The topological polar surface area (TPSA) is 60.2 Å². The molecule has 98 valence electrons. The van der Waals surface area contributed by atoms with Crippen molar-refractivity contribution in [1.29, 1.82) is 0 Å². The molecule has 0 aliphatic rings. The fourth-order valence-corrected chi connectivity index (χ4v) is 1.74. The van der Waals surface area contributed by atoms with E-state index in [1.54, 1.807) is 6.20 Å². The van der Waals surface area contributed by atoms with Crippen LogP contribution in [0, 0.1) is 13.8 Å². The molecule has 0 aliphatic carbocycles. The summed E-state index contributed by atoms with van der Waals surface area (Å²) < 4.78 is 5.77. The maximum Gasteiger partial charge on any atom is 0.168 e. The Kier molecular flexibility index (Phi) is 3.97. The number of nitrogens with one attached hydrogen (secondary N) is 1. The van der Waals surface area contributed by atoms with E-state index in [-0.39, 0.29) is 5.11 Å². The highest BCUT2D eigenvalue weighted by atomic mass is 32.1. The Labute approximate surface area is 117 Å². The van der Waals surface area contributed by atoms with Gasteiger partial charge in [-0.25, -0.2) is 0 Å². The van der Waals surface area contributed by atoms with Crippen molar-refractivity contribution in [2.45, 2.75) is 13.8 Å². The van der Waals surface area contributed by atoms with Gasteiger partial charge in [0.25, 0.3) is 0 Å². The highest BCUT2D eigenvalue weighted by Gasteiger charge is 2.03. The van der Waals surface area contributed by atoms with Gasteiger partial charge in [-0.15, -0.1) is 0 Å². The summed E-state index contributed by atoms with van der Waals surface area (Å²) in [4.78, 5) is 4.19. The molecule has 2 aromatic rings. The van der Waals surface area contributed by atoms with Crippen LogP contribution in [0.15, 0.2) is 36.5 Å². The monoisotopic (exact) mass is 273 g/mol. The third-order valence-corrected chi connectivity index (χ3v) is 2.66. The first-order valence-electron chi connectivity index (χ1n) is 5.82. The largest absolute Gasteiger partial charge is 0.455 e. The molecule has 0 bridgehead atoms. The van der Waals surface area contributed by atoms with Gasteiger partial charge < -0.3 is 15.8 Å². The average molecular weight is 273 g/mol. The molecule has 0 saturated heterocycles. The summed E-state index contributed by atoms with van der Waals surface area (Å²) in [5, 5.41) is 3.13. The van der Waals surface area contributed by atoms with Crippen LogP contribution in [0.4, 0.5) is 5.69 Å². The van der Waals surface area contributed by atoms with Gasteiger partial charge in [0.05, 0.1) is 6.20 Å². The predicted molar refractivity (Wildman–Crippen MR) is 80.6 cm³/mol. The van der Waals surface area contributed by atoms with Crippen LogP contribution in [-0.4, -0.2) is 10.1 Å². The van der Waals surface area contributed by atoms with E-state index >= 15 is 0 Å². The summed E-state index contributed by atoms with van der Waals surface area (Å²) >= 11 is 4.80. The normalized spacial score (nSPS) is 10.0. The molecule has 0 aliphatic heterocycles. The summed E-state index contributed by atoms with van der Waals surface area (Å²) in [6.45, 7) is 3.90. The minimum atomic E-state index is 0.246. The van der Waals surface area contributed by atoms with Gasteiger partial charge in [-0.05, 0) is 62.0 Å². The van der Waals surface area contributed by atoms with Crippen molar-refractivity contribution in [2.75, 3.05) is 5.32 Å². The number of nitrogens with two attached hydrogens (primary N) is 1. The number of aromatic nitrogens is 1. The van der Waals surface area contributed by atoms with E-state index in [1.165, 1.54) is 0 Å².